The zero-order valence-electron chi connectivity index (χ0n) is 5.45. The maximum atomic E-state index is 8.93. The lowest BCUT2D eigenvalue weighted by atomic mass is 10.1. The van der Waals surface area contributed by atoms with E-state index in [1.807, 2.05) is 0 Å². The standard InChI is InChI=1S/C6H12O3/c1-4(7)6-2-5(8)3-9-6/h4-8H,2-3H2,1H3. The van der Waals surface area contributed by atoms with Crippen LogP contribution in [0.25, 0.3) is 0 Å². The fourth-order valence-electron chi connectivity index (χ4n) is 0.975. The van der Waals surface area contributed by atoms with Gasteiger partial charge >= 0.3 is 0 Å². The lowest BCUT2D eigenvalue weighted by Crippen LogP contribution is -2.21. The SMILES string of the molecule is CC(O)C1CC(O)CO1. The molecular weight excluding hydrogens is 120 g/mol. The van der Waals surface area contributed by atoms with Crippen molar-refractivity contribution in [3.05, 3.63) is 0 Å². The molecule has 0 spiro atoms. The summed E-state index contributed by atoms with van der Waals surface area (Å²) in [4.78, 5) is 0. The van der Waals surface area contributed by atoms with Crippen LogP contribution in [0.3, 0.4) is 0 Å². The van der Waals surface area contributed by atoms with Crippen LogP contribution in [0.2, 0.25) is 0 Å². The minimum absolute atomic E-state index is 0.153. The van der Waals surface area contributed by atoms with Crippen LogP contribution in [-0.4, -0.2) is 35.1 Å². The Kier molecular flexibility index (Phi) is 2.05. The van der Waals surface area contributed by atoms with Gasteiger partial charge in [-0.15, -0.1) is 0 Å². The molecule has 3 heteroatoms. The molecule has 9 heavy (non-hydrogen) atoms. The summed E-state index contributed by atoms with van der Waals surface area (Å²) in [5, 5.41) is 17.8. The molecule has 2 N–H and O–H groups in total. The molecule has 0 bridgehead atoms. The highest BCUT2D eigenvalue weighted by atomic mass is 16.5. The van der Waals surface area contributed by atoms with Crippen molar-refractivity contribution in [3.63, 3.8) is 0 Å². The summed E-state index contributed by atoms with van der Waals surface area (Å²) in [5.74, 6) is 0. The predicted molar refractivity (Wildman–Crippen MR) is 32.0 cm³/mol. The van der Waals surface area contributed by atoms with E-state index in [2.05, 4.69) is 0 Å². The first kappa shape index (κ1) is 6.99. The van der Waals surface area contributed by atoms with Crippen LogP contribution < -0.4 is 0 Å². The Hall–Kier alpha value is -0.120. The molecule has 0 aromatic carbocycles. The number of aliphatic hydroxyl groups excluding tert-OH is 2. The normalized spacial score (nSPS) is 39.0. The Morgan fingerprint density at radius 2 is 2.33 bits per heavy atom. The third-order valence-electron chi connectivity index (χ3n) is 1.55. The van der Waals surface area contributed by atoms with Gasteiger partial charge in [0.25, 0.3) is 0 Å². The number of hydrogen-bond donors (Lipinski definition) is 2. The lowest BCUT2D eigenvalue weighted by molar-refractivity contribution is 0.00619. The number of ether oxygens (including phenoxy) is 1. The van der Waals surface area contributed by atoms with Crippen LogP contribution in [0.5, 0.6) is 0 Å². The maximum Gasteiger partial charge on any atom is 0.0857 e. The van der Waals surface area contributed by atoms with E-state index in [1.165, 1.54) is 0 Å². The van der Waals surface area contributed by atoms with Gasteiger partial charge in [0.05, 0.1) is 24.9 Å². The Balaban J connectivity index is 2.30. The van der Waals surface area contributed by atoms with Crippen LogP contribution in [-0.2, 0) is 4.74 Å². The lowest BCUT2D eigenvalue weighted by Gasteiger charge is -2.10. The van der Waals surface area contributed by atoms with Crippen molar-refractivity contribution >= 4 is 0 Å². The van der Waals surface area contributed by atoms with Crippen molar-refractivity contribution in [1.29, 1.82) is 0 Å². The fourth-order valence-corrected chi connectivity index (χ4v) is 0.975. The molecule has 1 aliphatic rings. The maximum absolute atomic E-state index is 8.93. The predicted octanol–water partition coefficient (Wildman–Crippen LogP) is -0.483. The zero-order valence-corrected chi connectivity index (χ0v) is 5.45. The van der Waals surface area contributed by atoms with Gasteiger partial charge in [0.15, 0.2) is 0 Å². The number of rotatable bonds is 1. The minimum atomic E-state index is -0.456. The van der Waals surface area contributed by atoms with Gasteiger partial charge in [0, 0.05) is 6.42 Å². The van der Waals surface area contributed by atoms with Crippen molar-refractivity contribution in [3.8, 4) is 0 Å². The van der Waals surface area contributed by atoms with E-state index >= 15 is 0 Å². The summed E-state index contributed by atoms with van der Waals surface area (Å²) in [7, 11) is 0. The molecule has 3 unspecified atom stereocenters. The molecule has 0 aromatic rings. The smallest absolute Gasteiger partial charge is 0.0857 e. The summed E-state index contributed by atoms with van der Waals surface area (Å²) in [6.07, 6.45) is -0.413. The second kappa shape index (κ2) is 2.64. The molecule has 0 amide bonds. The average molecular weight is 132 g/mol. The molecule has 1 rings (SSSR count). The minimum Gasteiger partial charge on any atom is -0.391 e. The highest BCUT2D eigenvalue weighted by Gasteiger charge is 2.26. The molecule has 0 saturated carbocycles. The van der Waals surface area contributed by atoms with E-state index in [-0.39, 0.29) is 12.2 Å². The topological polar surface area (TPSA) is 49.7 Å². The van der Waals surface area contributed by atoms with Crippen LogP contribution in [0.4, 0.5) is 0 Å². The Bertz CT molecular complexity index is 92.3. The molecule has 1 heterocycles. The molecule has 0 aromatic heterocycles. The molecule has 1 saturated heterocycles. The van der Waals surface area contributed by atoms with Crippen LogP contribution in [0.15, 0.2) is 0 Å². The molecule has 0 radical (unpaired) electrons. The highest BCUT2D eigenvalue weighted by molar-refractivity contribution is 4.75. The Morgan fingerprint density at radius 3 is 2.56 bits per heavy atom. The van der Waals surface area contributed by atoms with Gasteiger partial charge in [-0.2, -0.15) is 0 Å². The molecule has 3 atom stereocenters. The van der Waals surface area contributed by atoms with Gasteiger partial charge in [-0.3, -0.25) is 0 Å². The first-order valence-corrected chi connectivity index (χ1v) is 3.18. The van der Waals surface area contributed by atoms with E-state index in [0.29, 0.717) is 13.0 Å². The second-order valence-corrected chi connectivity index (χ2v) is 2.50. The van der Waals surface area contributed by atoms with E-state index < -0.39 is 6.10 Å². The van der Waals surface area contributed by atoms with E-state index in [4.69, 9.17) is 14.9 Å². The molecular formula is C6H12O3. The van der Waals surface area contributed by atoms with Crippen molar-refractivity contribution in [2.45, 2.75) is 31.7 Å². The second-order valence-electron chi connectivity index (χ2n) is 2.50. The molecule has 1 fully saturated rings. The van der Waals surface area contributed by atoms with Crippen molar-refractivity contribution in [1.82, 2.24) is 0 Å². The van der Waals surface area contributed by atoms with Crippen LogP contribution in [0.1, 0.15) is 13.3 Å². The molecule has 1 aliphatic heterocycles. The summed E-state index contributed by atoms with van der Waals surface area (Å²) >= 11 is 0. The molecule has 3 nitrogen and oxygen atoms in total. The quantitative estimate of drug-likeness (QED) is 0.506. The third kappa shape index (κ3) is 1.64. The summed E-state index contributed by atoms with van der Waals surface area (Å²) < 4.78 is 5.03. The zero-order chi connectivity index (χ0) is 6.85. The van der Waals surface area contributed by atoms with E-state index in [1.54, 1.807) is 6.92 Å². The average Bonchev–Trinajstić information content (AvgIpc) is 2.14. The first-order chi connectivity index (χ1) is 4.20. The van der Waals surface area contributed by atoms with Gasteiger partial charge in [0.1, 0.15) is 0 Å². The van der Waals surface area contributed by atoms with Crippen LogP contribution >= 0.6 is 0 Å². The Labute approximate surface area is 54.3 Å². The molecule has 0 aliphatic carbocycles. The van der Waals surface area contributed by atoms with Gasteiger partial charge in [-0.05, 0) is 6.92 Å². The van der Waals surface area contributed by atoms with Crippen molar-refractivity contribution in [2.75, 3.05) is 6.61 Å². The Morgan fingerprint density at radius 1 is 1.67 bits per heavy atom. The van der Waals surface area contributed by atoms with Gasteiger partial charge < -0.3 is 14.9 Å². The van der Waals surface area contributed by atoms with Crippen molar-refractivity contribution in [2.24, 2.45) is 0 Å². The number of aliphatic hydroxyl groups is 2. The third-order valence-corrected chi connectivity index (χ3v) is 1.55. The first-order valence-electron chi connectivity index (χ1n) is 3.18. The van der Waals surface area contributed by atoms with E-state index in [9.17, 15) is 0 Å². The van der Waals surface area contributed by atoms with Gasteiger partial charge in [-0.1, -0.05) is 0 Å². The van der Waals surface area contributed by atoms with Gasteiger partial charge in [0.2, 0.25) is 0 Å². The van der Waals surface area contributed by atoms with E-state index in [0.717, 1.165) is 0 Å². The van der Waals surface area contributed by atoms with Crippen LogP contribution in [0, 0.1) is 0 Å². The highest BCUT2D eigenvalue weighted by Crippen LogP contribution is 2.15. The van der Waals surface area contributed by atoms with Gasteiger partial charge in [-0.25, -0.2) is 0 Å². The van der Waals surface area contributed by atoms with Crippen molar-refractivity contribution < 1.29 is 14.9 Å². The monoisotopic (exact) mass is 132 g/mol. The molecule has 54 valence electrons. The summed E-state index contributed by atoms with van der Waals surface area (Å²) in [6.45, 7) is 2.04. The fraction of sp³-hybridized carbons (Fsp3) is 1.00. The summed E-state index contributed by atoms with van der Waals surface area (Å²) in [6, 6.07) is 0. The number of hydrogen-bond acceptors (Lipinski definition) is 3. The largest absolute Gasteiger partial charge is 0.391 e. The summed E-state index contributed by atoms with van der Waals surface area (Å²) in [5.41, 5.74) is 0.